The molecule has 4 aromatic carbocycles. The molecule has 32 heavy (non-hydrogen) atoms. The molecular formula is C30H28O2. The van der Waals surface area contributed by atoms with E-state index in [0.29, 0.717) is 23.3 Å². The van der Waals surface area contributed by atoms with E-state index < -0.39 is 0 Å². The molecule has 0 heterocycles. The summed E-state index contributed by atoms with van der Waals surface area (Å²) in [5.74, 6) is 3.63. The van der Waals surface area contributed by atoms with E-state index in [1.807, 2.05) is 36.4 Å². The van der Waals surface area contributed by atoms with Gasteiger partial charge in [0.1, 0.15) is 11.5 Å². The van der Waals surface area contributed by atoms with Gasteiger partial charge in [-0.25, -0.2) is 0 Å². The molecule has 2 heteroatoms. The van der Waals surface area contributed by atoms with Crippen LogP contribution >= 0.6 is 0 Å². The predicted molar refractivity (Wildman–Crippen MR) is 129 cm³/mol. The van der Waals surface area contributed by atoms with Crippen molar-refractivity contribution in [2.45, 2.75) is 37.5 Å². The minimum atomic E-state index is -0.0893. The van der Waals surface area contributed by atoms with Crippen LogP contribution in [0.4, 0.5) is 0 Å². The van der Waals surface area contributed by atoms with Crippen LogP contribution < -0.4 is 0 Å². The monoisotopic (exact) mass is 420 g/mol. The summed E-state index contributed by atoms with van der Waals surface area (Å²) < 4.78 is 0. The van der Waals surface area contributed by atoms with Crippen molar-refractivity contribution in [3.8, 4) is 11.5 Å². The van der Waals surface area contributed by atoms with E-state index in [0.717, 1.165) is 22.6 Å². The summed E-state index contributed by atoms with van der Waals surface area (Å²) in [6.45, 7) is 0. The molecule has 8 rings (SSSR count). The molecule has 0 spiro atoms. The lowest BCUT2D eigenvalue weighted by Gasteiger charge is -2.62. The smallest absolute Gasteiger partial charge is 0.123 e. The van der Waals surface area contributed by atoms with Crippen molar-refractivity contribution in [3.05, 3.63) is 83.9 Å². The lowest BCUT2D eigenvalue weighted by molar-refractivity contribution is -0.0406. The van der Waals surface area contributed by atoms with Gasteiger partial charge in [0.2, 0.25) is 0 Å². The van der Waals surface area contributed by atoms with Crippen LogP contribution in [0.5, 0.6) is 11.5 Å². The molecular weight excluding hydrogens is 392 g/mol. The normalized spacial score (nSPS) is 27.9. The number of aromatic hydroxyl groups is 2. The summed E-state index contributed by atoms with van der Waals surface area (Å²) >= 11 is 0. The van der Waals surface area contributed by atoms with Crippen molar-refractivity contribution in [1.29, 1.82) is 0 Å². The number of rotatable bonds is 2. The van der Waals surface area contributed by atoms with Crippen molar-refractivity contribution in [2.75, 3.05) is 0 Å². The topological polar surface area (TPSA) is 40.5 Å². The number of phenols is 2. The molecule has 4 fully saturated rings. The number of hydrogen-bond acceptors (Lipinski definition) is 2. The molecule has 0 saturated heterocycles. The Kier molecular flexibility index (Phi) is 3.78. The van der Waals surface area contributed by atoms with E-state index >= 15 is 0 Å². The van der Waals surface area contributed by atoms with Gasteiger partial charge in [0.25, 0.3) is 0 Å². The number of hydrogen-bond donors (Lipinski definition) is 2. The molecule has 0 aromatic heterocycles. The van der Waals surface area contributed by atoms with E-state index in [1.165, 1.54) is 54.0 Å². The fourth-order valence-electron chi connectivity index (χ4n) is 8.24. The summed E-state index contributed by atoms with van der Waals surface area (Å²) in [6, 6.07) is 25.0. The first-order valence-corrected chi connectivity index (χ1v) is 12.1. The standard InChI is InChI=1S/C30H28O2/c31-28-11-9-26(22-5-1-3-7-24(22)28)30(20-14-18-13-19(16-20)17-21(30)15-18)27-10-12-29(32)25-8-4-2-6-23(25)27/h1-12,18-21,31-32H,13-17H2. The Labute approximate surface area is 188 Å². The van der Waals surface area contributed by atoms with Crippen LogP contribution in [-0.4, -0.2) is 10.2 Å². The zero-order valence-corrected chi connectivity index (χ0v) is 18.2. The Hall–Kier alpha value is -3.00. The van der Waals surface area contributed by atoms with Crippen molar-refractivity contribution < 1.29 is 10.2 Å². The quantitative estimate of drug-likeness (QED) is 0.362. The molecule has 4 bridgehead atoms. The Bertz CT molecular complexity index is 1250. The third-order valence-electron chi connectivity index (χ3n) is 9.12. The number of benzene rings is 4. The summed E-state index contributed by atoms with van der Waals surface area (Å²) in [5.41, 5.74) is 2.65. The van der Waals surface area contributed by atoms with Crippen LogP contribution in [0.3, 0.4) is 0 Å². The van der Waals surface area contributed by atoms with Gasteiger partial charge < -0.3 is 10.2 Å². The van der Waals surface area contributed by atoms with E-state index in [4.69, 9.17) is 0 Å². The second-order valence-electron chi connectivity index (χ2n) is 10.5. The van der Waals surface area contributed by atoms with Gasteiger partial charge >= 0.3 is 0 Å². The summed E-state index contributed by atoms with van der Waals surface area (Å²) in [4.78, 5) is 0. The van der Waals surface area contributed by atoms with Crippen molar-refractivity contribution in [1.82, 2.24) is 0 Å². The van der Waals surface area contributed by atoms with E-state index in [2.05, 4.69) is 36.4 Å². The minimum absolute atomic E-state index is 0.0893. The number of phenolic OH excluding ortho intramolecular Hbond substituents is 2. The highest BCUT2D eigenvalue weighted by Crippen LogP contribution is 2.66. The van der Waals surface area contributed by atoms with Gasteiger partial charge in [-0.1, -0.05) is 60.7 Å². The highest BCUT2D eigenvalue weighted by Gasteiger charge is 2.59. The van der Waals surface area contributed by atoms with E-state index in [9.17, 15) is 10.2 Å². The molecule has 0 unspecified atom stereocenters. The fourth-order valence-corrected chi connectivity index (χ4v) is 8.24. The van der Waals surface area contributed by atoms with Crippen LogP contribution in [-0.2, 0) is 5.41 Å². The molecule has 0 aliphatic heterocycles. The Morgan fingerprint density at radius 3 is 1.34 bits per heavy atom. The van der Waals surface area contributed by atoms with Crippen LogP contribution in [0, 0.1) is 23.7 Å². The molecule has 4 aromatic rings. The minimum Gasteiger partial charge on any atom is -0.507 e. The molecule has 2 nitrogen and oxygen atoms in total. The average Bonchev–Trinajstić information content (AvgIpc) is 2.81. The van der Waals surface area contributed by atoms with Crippen molar-refractivity contribution in [3.63, 3.8) is 0 Å². The number of fused-ring (bicyclic) bond motifs is 2. The second-order valence-corrected chi connectivity index (χ2v) is 10.5. The van der Waals surface area contributed by atoms with Gasteiger partial charge in [-0.15, -0.1) is 0 Å². The highest BCUT2D eigenvalue weighted by atomic mass is 16.3. The maximum absolute atomic E-state index is 10.7. The van der Waals surface area contributed by atoms with Gasteiger partial charge in [-0.3, -0.25) is 0 Å². The zero-order chi connectivity index (χ0) is 21.4. The van der Waals surface area contributed by atoms with Crippen LogP contribution in [0.15, 0.2) is 72.8 Å². The summed E-state index contributed by atoms with van der Waals surface area (Å²) in [5, 5.41) is 25.6. The predicted octanol–water partition coefficient (Wildman–Crippen LogP) is 7.15. The molecule has 0 radical (unpaired) electrons. The van der Waals surface area contributed by atoms with E-state index in [-0.39, 0.29) is 5.41 Å². The van der Waals surface area contributed by atoms with Gasteiger partial charge in [0.15, 0.2) is 0 Å². The molecule has 160 valence electrons. The van der Waals surface area contributed by atoms with Crippen LogP contribution in [0.25, 0.3) is 21.5 Å². The van der Waals surface area contributed by atoms with Gasteiger partial charge in [0, 0.05) is 16.2 Å². The average molecular weight is 421 g/mol. The first kappa shape index (κ1) is 18.6. The summed E-state index contributed by atoms with van der Waals surface area (Å²) in [7, 11) is 0. The maximum Gasteiger partial charge on any atom is 0.123 e. The first-order chi connectivity index (χ1) is 15.7. The highest BCUT2D eigenvalue weighted by molar-refractivity contribution is 5.96. The SMILES string of the molecule is Oc1ccc(C2(c3ccc(O)c4ccccc34)C3CC4CC(C3)CC2C4)c2ccccc12. The third kappa shape index (κ3) is 2.30. The second kappa shape index (κ2) is 6.51. The first-order valence-electron chi connectivity index (χ1n) is 12.1. The van der Waals surface area contributed by atoms with Gasteiger partial charge in [0.05, 0.1) is 0 Å². The van der Waals surface area contributed by atoms with Crippen molar-refractivity contribution in [2.24, 2.45) is 23.7 Å². The van der Waals surface area contributed by atoms with Gasteiger partial charge in [-0.2, -0.15) is 0 Å². The summed E-state index contributed by atoms with van der Waals surface area (Å²) in [6.07, 6.45) is 6.57. The molecule has 4 aliphatic rings. The van der Waals surface area contributed by atoms with Crippen LogP contribution in [0.2, 0.25) is 0 Å². The van der Waals surface area contributed by atoms with E-state index in [1.54, 1.807) is 0 Å². The molecule has 4 saturated carbocycles. The Morgan fingerprint density at radius 1 is 0.500 bits per heavy atom. The van der Waals surface area contributed by atoms with Crippen molar-refractivity contribution >= 4 is 21.5 Å². The lowest BCUT2D eigenvalue weighted by Crippen LogP contribution is -2.56. The largest absolute Gasteiger partial charge is 0.507 e. The lowest BCUT2D eigenvalue weighted by atomic mass is 9.41. The Morgan fingerprint density at radius 2 is 0.906 bits per heavy atom. The van der Waals surface area contributed by atoms with Gasteiger partial charge in [-0.05, 0) is 89.8 Å². The maximum atomic E-state index is 10.7. The molecule has 4 aliphatic carbocycles. The molecule has 0 amide bonds. The molecule has 2 N–H and O–H groups in total. The zero-order valence-electron chi connectivity index (χ0n) is 18.2. The van der Waals surface area contributed by atoms with Crippen LogP contribution in [0.1, 0.15) is 43.2 Å². The molecule has 0 atom stereocenters. The Balaban J connectivity index is 1.61. The fraction of sp³-hybridized carbons (Fsp3) is 0.333. The third-order valence-corrected chi connectivity index (χ3v) is 9.12.